The summed E-state index contributed by atoms with van der Waals surface area (Å²) in [7, 11) is -3.77. The van der Waals surface area contributed by atoms with Gasteiger partial charge in [0, 0.05) is 12.5 Å². The van der Waals surface area contributed by atoms with Gasteiger partial charge in [-0.3, -0.25) is 4.31 Å². The Kier molecular flexibility index (Phi) is 3.19. The van der Waals surface area contributed by atoms with E-state index in [0.717, 1.165) is 22.9 Å². The van der Waals surface area contributed by atoms with Gasteiger partial charge < -0.3 is 4.74 Å². The number of rotatable bonds is 1. The summed E-state index contributed by atoms with van der Waals surface area (Å²) in [6, 6.07) is 4.53. The zero-order valence-electron chi connectivity index (χ0n) is 12.3. The maximum Gasteiger partial charge on any atom is 0.417 e. The fourth-order valence-electron chi connectivity index (χ4n) is 4.08. The standard InChI is InChI=1S/C15H13F3N2O3S/c16-15(17,18)11-5-9(2-1-8(11)6-19)20-7-10-12-3-4-13(23-12)14(10)24(20,21)22/h1-2,5,10,12-14H,3-4,7H2/t10-,12-,13+,14-/m1/s1. The highest BCUT2D eigenvalue weighted by atomic mass is 32.2. The molecular formula is C15H13F3N2O3S. The van der Waals surface area contributed by atoms with E-state index in [9.17, 15) is 21.6 Å². The Balaban J connectivity index is 1.77. The fourth-order valence-corrected chi connectivity index (χ4v) is 6.45. The number of alkyl halides is 3. The normalized spacial score (nSPS) is 33.5. The molecular weight excluding hydrogens is 345 g/mol. The molecule has 3 aliphatic rings. The highest BCUT2D eigenvalue weighted by Gasteiger charge is 2.61. The van der Waals surface area contributed by atoms with Gasteiger partial charge in [-0.1, -0.05) is 0 Å². The molecule has 0 aliphatic carbocycles. The Morgan fingerprint density at radius 1 is 1.25 bits per heavy atom. The van der Waals surface area contributed by atoms with Crippen LogP contribution >= 0.6 is 0 Å². The van der Waals surface area contributed by atoms with Gasteiger partial charge in [0.1, 0.15) is 5.25 Å². The molecule has 3 heterocycles. The first kappa shape index (κ1) is 15.7. The SMILES string of the molecule is N#Cc1ccc(N2C[C@H]3[C@H]([C@@H]4CC[C@H]3O4)S2(=O)=O)cc1C(F)(F)F. The van der Waals surface area contributed by atoms with Crippen molar-refractivity contribution in [2.75, 3.05) is 10.8 Å². The number of fused-ring (bicyclic) bond motifs is 5. The lowest BCUT2D eigenvalue weighted by Gasteiger charge is -2.22. The molecule has 9 heteroatoms. The van der Waals surface area contributed by atoms with E-state index in [2.05, 4.69) is 0 Å². The van der Waals surface area contributed by atoms with Crippen LogP contribution < -0.4 is 4.31 Å². The maximum absolute atomic E-state index is 13.1. The molecule has 1 aromatic rings. The lowest BCUT2D eigenvalue weighted by atomic mass is 9.89. The molecule has 4 atom stereocenters. The number of nitrogens with zero attached hydrogens (tertiary/aromatic N) is 2. The molecule has 24 heavy (non-hydrogen) atoms. The van der Waals surface area contributed by atoms with Gasteiger partial charge in [-0.25, -0.2) is 8.42 Å². The molecule has 0 radical (unpaired) electrons. The third kappa shape index (κ3) is 2.06. The molecule has 0 unspecified atom stereocenters. The summed E-state index contributed by atoms with van der Waals surface area (Å²) in [5, 5.41) is 8.17. The summed E-state index contributed by atoms with van der Waals surface area (Å²) in [4.78, 5) is 0. The lowest BCUT2D eigenvalue weighted by molar-refractivity contribution is -0.137. The van der Waals surface area contributed by atoms with Crippen LogP contribution in [0.25, 0.3) is 0 Å². The van der Waals surface area contributed by atoms with Gasteiger partial charge in [0.25, 0.3) is 0 Å². The molecule has 0 N–H and O–H groups in total. The van der Waals surface area contributed by atoms with Crippen molar-refractivity contribution in [3.8, 4) is 6.07 Å². The van der Waals surface area contributed by atoms with Crippen LogP contribution in [0.2, 0.25) is 0 Å². The summed E-state index contributed by atoms with van der Waals surface area (Å²) in [5.41, 5.74) is -1.68. The van der Waals surface area contributed by atoms with Crippen molar-refractivity contribution in [3.05, 3.63) is 29.3 Å². The quantitative estimate of drug-likeness (QED) is 0.772. The molecule has 3 aliphatic heterocycles. The van der Waals surface area contributed by atoms with E-state index in [0.29, 0.717) is 6.42 Å². The first-order valence-electron chi connectivity index (χ1n) is 7.52. The molecule has 0 saturated carbocycles. The summed E-state index contributed by atoms with van der Waals surface area (Å²) in [5.74, 6) is -0.210. The monoisotopic (exact) mass is 358 g/mol. The molecule has 0 amide bonds. The van der Waals surface area contributed by atoms with Crippen LogP contribution in [0.5, 0.6) is 0 Å². The van der Waals surface area contributed by atoms with E-state index in [1.165, 1.54) is 12.1 Å². The van der Waals surface area contributed by atoms with E-state index >= 15 is 0 Å². The predicted molar refractivity (Wildman–Crippen MR) is 77.6 cm³/mol. The average Bonchev–Trinajstić information content (AvgIpc) is 3.18. The summed E-state index contributed by atoms with van der Waals surface area (Å²) in [6.07, 6.45) is -3.77. The maximum atomic E-state index is 13.1. The Bertz CT molecular complexity index is 847. The Labute approximate surface area is 136 Å². The molecule has 2 bridgehead atoms. The summed E-state index contributed by atoms with van der Waals surface area (Å²) < 4.78 is 71.6. The van der Waals surface area contributed by atoms with Crippen LogP contribution in [0.15, 0.2) is 18.2 Å². The zero-order valence-corrected chi connectivity index (χ0v) is 13.1. The average molecular weight is 358 g/mol. The smallest absolute Gasteiger partial charge is 0.373 e. The van der Waals surface area contributed by atoms with Crippen molar-refractivity contribution >= 4 is 15.7 Å². The van der Waals surface area contributed by atoms with Gasteiger partial charge >= 0.3 is 6.18 Å². The van der Waals surface area contributed by atoms with Gasteiger partial charge in [0.2, 0.25) is 10.0 Å². The first-order valence-corrected chi connectivity index (χ1v) is 9.02. The third-order valence-electron chi connectivity index (χ3n) is 5.10. The molecule has 0 spiro atoms. The van der Waals surface area contributed by atoms with E-state index in [4.69, 9.17) is 10.00 Å². The minimum absolute atomic E-state index is 0.0462. The van der Waals surface area contributed by atoms with Gasteiger partial charge in [-0.2, -0.15) is 18.4 Å². The van der Waals surface area contributed by atoms with Crippen LogP contribution in [-0.4, -0.2) is 32.4 Å². The first-order chi connectivity index (χ1) is 11.2. The predicted octanol–water partition coefficient (Wildman–Crippen LogP) is 2.27. The van der Waals surface area contributed by atoms with Crippen molar-refractivity contribution in [1.82, 2.24) is 0 Å². The Morgan fingerprint density at radius 3 is 2.58 bits per heavy atom. The number of benzene rings is 1. The second kappa shape index (κ2) is 4.86. The highest BCUT2D eigenvalue weighted by Crippen LogP contribution is 2.49. The van der Waals surface area contributed by atoms with E-state index < -0.39 is 32.6 Å². The molecule has 0 aromatic heterocycles. The van der Waals surface area contributed by atoms with Crippen molar-refractivity contribution in [3.63, 3.8) is 0 Å². The van der Waals surface area contributed by atoms with Crippen LogP contribution in [0.3, 0.4) is 0 Å². The number of sulfonamides is 1. The third-order valence-corrected chi connectivity index (χ3v) is 7.41. The largest absolute Gasteiger partial charge is 0.417 e. The highest BCUT2D eigenvalue weighted by molar-refractivity contribution is 7.93. The van der Waals surface area contributed by atoms with Crippen LogP contribution in [0.4, 0.5) is 18.9 Å². The Morgan fingerprint density at radius 2 is 1.96 bits per heavy atom. The van der Waals surface area contributed by atoms with E-state index in [1.54, 1.807) is 0 Å². The molecule has 1 aromatic carbocycles. The molecule has 3 saturated heterocycles. The van der Waals surface area contributed by atoms with Gasteiger partial charge in [0.05, 0.1) is 35.1 Å². The number of nitriles is 1. The van der Waals surface area contributed by atoms with Gasteiger partial charge in [-0.15, -0.1) is 0 Å². The number of hydrogen-bond acceptors (Lipinski definition) is 4. The minimum Gasteiger partial charge on any atom is -0.373 e. The number of halogens is 3. The summed E-state index contributed by atoms with van der Waals surface area (Å²) >= 11 is 0. The van der Waals surface area contributed by atoms with Crippen molar-refractivity contribution in [2.45, 2.75) is 36.5 Å². The Hall–Kier alpha value is -1.79. The lowest BCUT2D eigenvalue weighted by Crippen LogP contribution is -2.36. The molecule has 128 valence electrons. The van der Waals surface area contributed by atoms with Crippen molar-refractivity contribution < 1.29 is 26.3 Å². The number of hydrogen-bond donors (Lipinski definition) is 0. The van der Waals surface area contributed by atoms with Crippen LogP contribution in [0.1, 0.15) is 24.0 Å². The fraction of sp³-hybridized carbons (Fsp3) is 0.533. The zero-order chi connectivity index (χ0) is 17.3. The molecule has 5 nitrogen and oxygen atoms in total. The summed E-state index contributed by atoms with van der Waals surface area (Å²) in [6.45, 7) is 0.122. The van der Waals surface area contributed by atoms with E-state index in [1.807, 2.05) is 0 Å². The second-order valence-electron chi connectivity index (χ2n) is 6.33. The van der Waals surface area contributed by atoms with Gasteiger partial charge in [0.15, 0.2) is 0 Å². The van der Waals surface area contributed by atoms with Crippen LogP contribution in [0, 0.1) is 17.2 Å². The molecule has 3 fully saturated rings. The van der Waals surface area contributed by atoms with Crippen molar-refractivity contribution in [2.24, 2.45) is 5.92 Å². The topological polar surface area (TPSA) is 70.4 Å². The number of ether oxygens (including phenoxy) is 1. The van der Waals surface area contributed by atoms with Gasteiger partial charge in [-0.05, 0) is 31.0 Å². The van der Waals surface area contributed by atoms with Crippen molar-refractivity contribution in [1.29, 1.82) is 5.26 Å². The number of anilines is 1. The van der Waals surface area contributed by atoms with Crippen LogP contribution in [-0.2, 0) is 20.9 Å². The minimum atomic E-state index is -4.72. The second-order valence-corrected chi connectivity index (χ2v) is 8.35. The van der Waals surface area contributed by atoms with E-state index in [-0.39, 0.29) is 30.4 Å². The molecule has 4 rings (SSSR count).